The standard InChI is InChI=1S/C20H22O6/c21-11-16-18-17(25-20(24-16)14-9-5-2-6-10-14)15(22)12-23-19(26-18)13-7-3-1-4-8-13/h1-10,15-22H,11-12H2/t15-,16+,17-,18-,19?,20?/m1/s1. The quantitative estimate of drug-likeness (QED) is 0.873. The monoisotopic (exact) mass is 358 g/mol. The van der Waals surface area contributed by atoms with E-state index in [0.29, 0.717) is 0 Å². The second kappa shape index (κ2) is 7.84. The molecule has 138 valence electrons. The van der Waals surface area contributed by atoms with Crippen LogP contribution in [0.15, 0.2) is 60.7 Å². The lowest BCUT2D eigenvalue weighted by Gasteiger charge is -2.41. The lowest BCUT2D eigenvalue weighted by molar-refractivity contribution is -0.322. The molecule has 6 nitrogen and oxygen atoms in total. The number of hydrogen-bond donors (Lipinski definition) is 2. The van der Waals surface area contributed by atoms with Gasteiger partial charge in [-0.15, -0.1) is 0 Å². The third kappa shape index (κ3) is 3.53. The molecule has 0 aliphatic carbocycles. The molecule has 0 bridgehead atoms. The maximum atomic E-state index is 10.6. The van der Waals surface area contributed by atoms with Crippen LogP contribution in [0.2, 0.25) is 0 Å². The van der Waals surface area contributed by atoms with Crippen molar-refractivity contribution in [1.29, 1.82) is 0 Å². The largest absolute Gasteiger partial charge is 0.394 e. The van der Waals surface area contributed by atoms with Gasteiger partial charge in [0.25, 0.3) is 0 Å². The summed E-state index contributed by atoms with van der Waals surface area (Å²) in [6.45, 7) is -0.178. The second-order valence-corrected chi connectivity index (χ2v) is 6.44. The van der Waals surface area contributed by atoms with Crippen LogP contribution in [0.3, 0.4) is 0 Å². The summed E-state index contributed by atoms with van der Waals surface area (Å²) >= 11 is 0. The fraction of sp³-hybridized carbons (Fsp3) is 0.400. The van der Waals surface area contributed by atoms with Crippen molar-refractivity contribution in [2.75, 3.05) is 13.2 Å². The highest BCUT2D eigenvalue weighted by Crippen LogP contribution is 2.37. The van der Waals surface area contributed by atoms with Gasteiger partial charge in [-0.1, -0.05) is 60.7 Å². The molecule has 2 fully saturated rings. The average Bonchev–Trinajstić information content (AvgIpc) is 2.88. The van der Waals surface area contributed by atoms with Gasteiger partial charge >= 0.3 is 0 Å². The molecule has 6 heteroatoms. The third-order valence-electron chi connectivity index (χ3n) is 4.67. The van der Waals surface area contributed by atoms with E-state index in [1.807, 2.05) is 60.7 Å². The summed E-state index contributed by atoms with van der Waals surface area (Å²) in [5.41, 5.74) is 1.66. The lowest BCUT2D eigenvalue weighted by Crippen LogP contribution is -2.54. The Labute approximate surface area is 151 Å². The summed E-state index contributed by atoms with van der Waals surface area (Å²) in [4.78, 5) is 0. The van der Waals surface area contributed by atoms with Crippen LogP contribution in [-0.4, -0.2) is 47.8 Å². The van der Waals surface area contributed by atoms with Gasteiger partial charge in [-0.2, -0.15) is 0 Å². The van der Waals surface area contributed by atoms with Crippen LogP contribution in [0.5, 0.6) is 0 Å². The molecule has 2 aliphatic rings. The molecule has 2 aromatic carbocycles. The summed E-state index contributed by atoms with van der Waals surface area (Å²) in [5.74, 6) is 0. The molecule has 6 atom stereocenters. The zero-order valence-electron chi connectivity index (χ0n) is 14.2. The molecule has 2 saturated heterocycles. The van der Waals surface area contributed by atoms with Gasteiger partial charge in [-0.3, -0.25) is 0 Å². The second-order valence-electron chi connectivity index (χ2n) is 6.44. The molecule has 2 aliphatic heterocycles. The fourth-order valence-corrected chi connectivity index (χ4v) is 3.34. The predicted molar refractivity (Wildman–Crippen MR) is 92.0 cm³/mol. The van der Waals surface area contributed by atoms with Crippen LogP contribution in [0.4, 0.5) is 0 Å². The normalized spacial score (nSPS) is 34.7. The number of fused-ring (bicyclic) bond motifs is 1. The maximum absolute atomic E-state index is 10.6. The Morgan fingerprint density at radius 3 is 1.96 bits per heavy atom. The van der Waals surface area contributed by atoms with Crippen molar-refractivity contribution >= 4 is 0 Å². The Balaban J connectivity index is 1.59. The molecule has 26 heavy (non-hydrogen) atoms. The number of hydrogen-bond acceptors (Lipinski definition) is 6. The number of ether oxygens (including phenoxy) is 4. The summed E-state index contributed by atoms with van der Waals surface area (Å²) in [7, 11) is 0. The van der Waals surface area contributed by atoms with E-state index < -0.39 is 37.0 Å². The van der Waals surface area contributed by atoms with Gasteiger partial charge in [0.05, 0.1) is 13.2 Å². The summed E-state index contributed by atoms with van der Waals surface area (Å²) in [6, 6.07) is 18.9. The van der Waals surface area contributed by atoms with Crippen LogP contribution in [0.1, 0.15) is 23.7 Å². The topological polar surface area (TPSA) is 77.4 Å². The summed E-state index contributed by atoms with van der Waals surface area (Å²) < 4.78 is 23.7. The number of rotatable bonds is 3. The van der Waals surface area contributed by atoms with E-state index in [1.54, 1.807) is 0 Å². The molecule has 0 amide bonds. The van der Waals surface area contributed by atoms with E-state index in [4.69, 9.17) is 18.9 Å². The number of aliphatic hydroxyl groups excluding tert-OH is 2. The Morgan fingerprint density at radius 1 is 0.769 bits per heavy atom. The molecule has 0 saturated carbocycles. The average molecular weight is 358 g/mol. The van der Waals surface area contributed by atoms with Crippen molar-refractivity contribution in [3.05, 3.63) is 71.8 Å². The van der Waals surface area contributed by atoms with E-state index in [9.17, 15) is 10.2 Å². The van der Waals surface area contributed by atoms with Crippen LogP contribution in [0.25, 0.3) is 0 Å². The van der Waals surface area contributed by atoms with Crippen LogP contribution in [0, 0.1) is 0 Å². The van der Waals surface area contributed by atoms with Crippen molar-refractivity contribution in [3.63, 3.8) is 0 Å². The van der Waals surface area contributed by atoms with Gasteiger partial charge in [0.2, 0.25) is 0 Å². The van der Waals surface area contributed by atoms with E-state index in [1.165, 1.54) is 0 Å². The minimum Gasteiger partial charge on any atom is -0.394 e. The fourth-order valence-electron chi connectivity index (χ4n) is 3.34. The Hall–Kier alpha value is -1.80. The van der Waals surface area contributed by atoms with E-state index in [-0.39, 0.29) is 13.2 Å². The van der Waals surface area contributed by atoms with Gasteiger partial charge in [0, 0.05) is 11.1 Å². The summed E-state index contributed by atoms with van der Waals surface area (Å²) in [5, 5.41) is 20.4. The van der Waals surface area contributed by atoms with Gasteiger partial charge in [-0.05, 0) is 0 Å². The third-order valence-corrected chi connectivity index (χ3v) is 4.67. The van der Waals surface area contributed by atoms with E-state index in [2.05, 4.69) is 0 Å². The van der Waals surface area contributed by atoms with Crippen molar-refractivity contribution in [2.45, 2.75) is 37.0 Å². The Morgan fingerprint density at radius 2 is 1.35 bits per heavy atom. The molecular formula is C20H22O6. The van der Waals surface area contributed by atoms with Crippen molar-refractivity contribution in [3.8, 4) is 0 Å². The first-order valence-corrected chi connectivity index (χ1v) is 8.73. The van der Waals surface area contributed by atoms with E-state index >= 15 is 0 Å². The van der Waals surface area contributed by atoms with Crippen molar-refractivity contribution in [2.24, 2.45) is 0 Å². The molecule has 0 aromatic heterocycles. The highest BCUT2D eigenvalue weighted by atomic mass is 16.8. The summed E-state index contributed by atoms with van der Waals surface area (Å²) in [6.07, 6.45) is -4.18. The van der Waals surface area contributed by atoms with Gasteiger partial charge < -0.3 is 29.2 Å². The number of aliphatic hydroxyl groups is 2. The molecule has 2 N–H and O–H groups in total. The SMILES string of the molecule is OC[C@@H]1OC(c2ccccc2)O[C@H]2[C@@H]1OC(c1ccccc1)OC[C@H]2O. The molecule has 0 radical (unpaired) electrons. The molecule has 2 unspecified atom stereocenters. The lowest BCUT2D eigenvalue weighted by atomic mass is 10.0. The Kier molecular flexibility index (Phi) is 5.31. The number of benzene rings is 2. The zero-order chi connectivity index (χ0) is 17.9. The Bertz CT molecular complexity index is 656. The molecule has 0 spiro atoms. The predicted octanol–water partition coefficient (Wildman–Crippen LogP) is 1.94. The van der Waals surface area contributed by atoms with Gasteiger partial charge in [-0.25, -0.2) is 0 Å². The molecule has 2 aromatic rings. The zero-order valence-corrected chi connectivity index (χ0v) is 14.2. The van der Waals surface area contributed by atoms with Crippen LogP contribution in [-0.2, 0) is 18.9 Å². The smallest absolute Gasteiger partial charge is 0.184 e. The minimum atomic E-state index is -0.891. The van der Waals surface area contributed by atoms with Crippen molar-refractivity contribution in [1.82, 2.24) is 0 Å². The highest BCUT2D eigenvalue weighted by molar-refractivity contribution is 5.18. The maximum Gasteiger partial charge on any atom is 0.184 e. The first-order chi connectivity index (χ1) is 12.8. The molecular weight excluding hydrogens is 336 g/mol. The van der Waals surface area contributed by atoms with Crippen LogP contribution < -0.4 is 0 Å². The van der Waals surface area contributed by atoms with Gasteiger partial charge in [0.1, 0.15) is 24.4 Å². The van der Waals surface area contributed by atoms with Gasteiger partial charge in [0.15, 0.2) is 12.6 Å². The van der Waals surface area contributed by atoms with Crippen molar-refractivity contribution < 1.29 is 29.2 Å². The van der Waals surface area contributed by atoms with Crippen LogP contribution >= 0.6 is 0 Å². The first-order valence-electron chi connectivity index (χ1n) is 8.73. The highest BCUT2D eigenvalue weighted by Gasteiger charge is 2.47. The van der Waals surface area contributed by atoms with E-state index in [0.717, 1.165) is 11.1 Å². The first kappa shape index (κ1) is 17.6. The molecule has 2 heterocycles. The minimum absolute atomic E-state index is 0.0698. The molecule has 4 rings (SSSR count).